The molecule has 0 bridgehead atoms. The number of esters is 1. The Labute approximate surface area is 159 Å². The largest absolute Gasteiger partial charge is 0.467 e. The predicted octanol–water partition coefficient (Wildman–Crippen LogP) is 2.56. The number of ether oxygens (including phenoxy) is 1. The van der Waals surface area contributed by atoms with Gasteiger partial charge in [-0.3, -0.25) is 14.4 Å². The summed E-state index contributed by atoms with van der Waals surface area (Å²) in [5.74, 6) is -1.18. The van der Waals surface area contributed by atoms with E-state index in [4.69, 9.17) is 32.4 Å². The molecule has 7 nitrogen and oxygen atoms in total. The van der Waals surface area contributed by atoms with Crippen molar-refractivity contribution >= 4 is 41.0 Å². The van der Waals surface area contributed by atoms with Crippen LogP contribution in [0.3, 0.4) is 0 Å². The molecule has 0 saturated carbocycles. The van der Waals surface area contributed by atoms with Gasteiger partial charge in [-0.2, -0.15) is 0 Å². The summed E-state index contributed by atoms with van der Waals surface area (Å²) in [7, 11) is 0. The minimum absolute atomic E-state index is 0.182. The maximum atomic E-state index is 12.0. The Balaban J connectivity index is 1.75. The Hall–Kier alpha value is -2.51. The zero-order chi connectivity index (χ0) is 19.1. The quantitative estimate of drug-likeness (QED) is 0.698. The van der Waals surface area contributed by atoms with Gasteiger partial charge in [0.1, 0.15) is 12.3 Å². The molecule has 0 radical (unpaired) electrons. The first-order valence-corrected chi connectivity index (χ1v) is 8.35. The van der Waals surface area contributed by atoms with Crippen molar-refractivity contribution in [1.82, 2.24) is 10.6 Å². The molecule has 1 aromatic heterocycles. The highest BCUT2D eigenvalue weighted by Gasteiger charge is 2.18. The highest BCUT2D eigenvalue weighted by molar-refractivity contribution is 6.42. The fraction of sp³-hybridized carbons (Fsp3) is 0.235. The second-order valence-electron chi connectivity index (χ2n) is 5.24. The molecule has 0 aliphatic carbocycles. The Bertz CT molecular complexity index is 792. The van der Waals surface area contributed by atoms with Crippen molar-refractivity contribution in [1.29, 1.82) is 0 Å². The van der Waals surface area contributed by atoms with Crippen LogP contribution in [0.5, 0.6) is 0 Å². The lowest BCUT2D eigenvalue weighted by Gasteiger charge is -2.13. The number of benzene rings is 1. The van der Waals surface area contributed by atoms with Gasteiger partial charge >= 0.3 is 5.97 Å². The van der Waals surface area contributed by atoms with Crippen molar-refractivity contribution in [3.05, 3.63) is 58.0 Å². The van der Waals surface area contributed by atoms with Gasteiger partial charge in [-0.1, -0.05) is 23.2 Å². The van der Waals surface area contributed by atoms with Gasteiger partial charge in [-0.05, 0) is 37.3 Å². The molecule has 0 aliphatic heterocycles. The van der Waals surface area contributed by atoms with Crippen molar-refractivity contribution in [2.75, 3.05) is 6.54 Å². The van der Waals surface area contributed by atoms with Crippen LogP contribution in [-0.4, -0.2) is 30.4 Å². The molecule has 0 unspecified atom stereocenters. The van der Waals surface area contributed by atoms with Gasteiger partial charge in [0.05, 0.1) is 22.9 Å². The van der Waals surface area contributed by atoms with E-state index < -0.39 is 30.4 Å². The maximum absolute atomic E-state index is 12.0. The third kappa shape index (κ3) is 5.79. The van der Waals surface area contributed by atoms with Gasteiger partial charge in [0, 0.05) is 5.56 Å². The molecular weight excluding hydrogens is 383 g/mol. The van der Waals surface area contributed by atoms with Crippen molar-refractivity contribution < 1.29 is 23.5 Å². The summed E-state index contributed by atoms with van der Waals surface area (Å²) < 4.78 is 10.0. The molecule has 1 aromatic carbocycles. The lowest BCUT2D eigenvalue weighted by molar-refractivity contribution is -0.153. The highest BCUT2D eigenvalue weighted by atomic mass is 35.5. The molecular formula is C17H16Cl2N2O5. The third-order valence-electron chi connectivity index (χ3n) is 3.27. The number of carbonyl (C=O) groups excluding carboxylic acids is 3. The van der Waals surface area contributed by atoms with E-state index in [1.165, 1.54) is 31.4 Å². The van der Waals surface area contributed by atoms with E-state index >= 15 is 0 Å². The lowest BCUT2D eigenvalue weighted by Crippen LogP contribution is -2.38. The predicted molar refractivity (Wildman–Crippen MR) is 94.9 cm³/mol. The third-order valence-corrected chi connectivity index (χ3v) is 4.01. The van der Waals surface area contributed by atoms with E-state index in [2.05, 4.69) is 10.6 Å². The molecule has 138 valence electrons. The van der Waals surface area contributed by atoms with Crippen LogP contribution >= 0.6 is 23.2 Å². The first-order chi connectivity index (χ1) is 12.4. The van der Waals surface area contributed by atoms with Gasteiger partial charge in [-0.15, -0.1) is 0 Å². The number of rotatable bonds is 7. The molecule has 0 saturated heterocycles. The molecule has 9 heteroatoms. The molecule has 1 atom stereocenters. The Morgan fingerprint density at radius 2 is 1.92 bits per heavy atom. The van der Waals surface area contributed by atoms with Gasteiger partial charge in [-0.25, -0.2) is 0 Å². The Kier molecular flexibility index (Phi) is 7.06. The summed E-state index contributed by atoms with van der Waals surface area (Å²) >= 11 is 11.6. The normalized spacial score (nSPS) is 11.5. The average molecular weight is 399 g/mol. The molecule has 2 rings (SSSR count). The van der Waals surface area contributed by atoms with Crippen LogP contribution in [0.4, 0.5) is 0 Å². The molecule has 2 amide bonds. The van der Waals surface area contributed by atoms with E-state index in [-0.39, 0.29) is 17.1 Å². The van der Waals surface area contributed by atoms with Crippen molar-refractivity contribution in [2.45, 2.75) is 19.6 Å². The summed E-state index contributed by atoms with van der Waals surface area (Å²) in [4.78, 5) is 35.6. The smallest absolute Gasteiger partial charge is 0.326 e. The van der Waals surface area contributed by atoms with E-state index in [0.717, 1.165) is 0 Å². The topological polar surface area (TPSA) is 97.6 Å². The zero-order valence-electron chi connectivity index (χ0n) is 13.8. The number of furan rings is 1. The standard InChI is InChI=1S/C17H16Cl2N2O5/c1-10(16(23)20-8-12-3-2-6-25-12)26-15(22)9-21-17(24)11-4-5-13(18)14(19)7-11/h2-7,10H,8-9H2,1H3,(H,20,23)(H,21,24)/t10-/m0/s1. The van der Waals surface area contributed by atoms with Gasteiger partial charge in [0.15, 0.2) is 6.10 Å². The van der Waals surface area contributed by atoms with Crippen LogP contribution in [0.25, 0.3) is 0 Å². The summed E-state index contributed by atoms with van der Waals surface area (Å²) in [6, 6.07) is 7.73. The van der Waals surface area contributed by atoms with Crippen molar-refractivity contribution in [2.24, 2.45) is 0 Å². The first kappa shape index (κ1) is 19.8. The zero-order valence-corrected chi connectivity index (χ0v) is 15.3. The summed E-state index contributed by atoms with van der Waals surface area (Å²) in [6.45, 7) is 1.22. The Morgan fingerprint density at radius 3 is 2.58 bits per heavy atom. The van der Waals surface area contributed by atoms with E-state index in [9.17, 15) is 14.4 Å². The van der Waals surface area contributed by atoms with Crippen LogP contribution in [-0.2, 0) is 20.9 Å². The average Bonchev–Trinajstić information content (AvgIpc) is 3.13. The fourth-order valence-corrected chi connectivity index (χ4v) is 2.21. The minimum atomic E-state index is -1.01. The molecule has 2 N–H and O–H groups in total. The highest BCUT2D eigenvalue weighted by Crippen LogP contribution is 2.22. The van der Waals surface area contributed by atoms with Crippen LogP contribution < -0.4 is 10.6 Å². The summed E-state index contributed by atoms with van der Waals surface area (Å²) in [5, 5.41) is 5.49. The SMILES string of the molecule is C[C@H](OC(=O)CNC(=O)c1ccc(Cl)c(Cl)c1)C(=O)NCc1ccco1. The second-order valence-corrected chi connectivity index (χ2v) is 6.06. The number of hydrogen-bond acceptors (Lipinski definition) is 5. The minimum Gasteiger partial charge on any atom is -0.467 e. The summed E-state index contributed by atoms with van der Waals surface area (Å²) in [5.41, 5.74) is 0.247. The second kappa shape index (κ2) is 9.26. The van der Waals surface area contributed by atoms with Gasteiger partial charge in [0.2, 0.25) is 0 Å². The molecule has 0 spiro atoms. The van der Waals surface area contributed by atoms with E-state index in [1.54, 1.807) is 12.1 Å². The van der Waals surface area contributed by atoms with Crippen LogP contribution in [0.2, 0.25) is 10.0 Å². The Morgan fingerprint density at radius 1 is 1.15 bits per heavy atom. The van der Waals surface area contributed by atoms with Gasteiger partial charge < -0.3 is 19.8 Å². The molecule has 0 aliphatic rings. The maximum Gasteiger partial charge on any atom is 0.326 e. The molecule has 0 fully saturated rings. The van der Waals surface area contributed by atoms with E-state index in [1.807, 2.05) is 0 Å². The number of nitrogens with one attached hydrogen (secondary N) is 2. The van der Waals surface area contributed by atoms with Crippen LogP contribution in [0.15, 0.2) is 41.0 Å². The van der Waals surface area contributed by atoms with Crippen molar-refractivity contribution in [3.8, 4) is 0 Å². The molecule has 2 aromatic rings. The number of halogens is 2. The van der Waals surface area contributed by atoms with Crippen molar-refractivity contribution in [3.63, 3.8) is 0 Å². The summed E-state index contributed by atoms with van der Waals surface area (Å²) in [6.07, 6.45) is 0.473. The van der Waals surface area contributed by atoms with Crippen LogP contribution in [0.1, 0.15) is 23.0 Å². The monoisotopic (exact) mass is 398 g/mol. The van der Waals surface area contributed by atoms with Gasteiger partial charge in [0.25, 0.3) is 11.8 Å². The van der Waals surface area contributed by atoms with Crippen LogP contribution in [0, 0.1) is 0 Å². The molecule has 26 heavy (non-hydrogen) atoms. The van der Waals surface area contributed by atoms with E-state index in [0.29, 0.717) is 10.8 Å². The number of hydrogen-bond donors (Lipinski definition) is 2. The lowest BCUT2D eigenvalue weighted by atomic mass is 10.2. The number of carbonyl (C=O) groups is 3. The fourth-order valence-electron chi connectivity index (χ4n) is 1.92. The first-order valence-electron chi connectivity index (χ1n) is 7.59. The molecule has 1 heterocycles. The number of amides is 2.